The van der Waals surface area contributed by atoms with E-state index in [1.165, 1.54) is 13.2 Å². The Bertz CT molecular complexity index is 372. The van der Waals surface area contributed by atoms with Gasteiger partial charge in [-0.2, -0.15) is 0 Å². The lowest BCUT2D eigenvalue weighted by molar-refractivity contribution is 0.103. The molecule has 15 heavy (non-hydrogen) atoms. The van der Waals surface area contributed by atoms with Gasteiger partial charge in [0.25, 0.3) is 0 Å². The summed E-state index contributed by atoms with van der Waals surface area (Å²) in [5, 5.41) is 10.0. The number of benzene rings is 1. The van der Waals surface area contributed by atoms with Crippen molar-refractivity contribution in [2.24, 2.45) is 5.41 Å². The van der Waals surface area contributed by atoms with Crippen LogP contribution in [0, 0.1) is 11.2 Å². The van der Waals surface area contributed by atoms with E-state index in [9.17, 15) is 9.50 Å². The third-order valence-corrected chi connectivity index (χ3v) is 3.19. The monoisotopic (exact) mass is 210 g/mol. The van der Waals surface area contributed by atoms with Gasteiger partial charge < -0.3 is 9.84 Å². The van der Waals surface area contributed by atoms with Crippen LogP contribution in [0.2, 0.25) is 0 Å². The second-order valence-electron chi connectivity index (χ2n) is 4.45. The Morgan fingerprint density at radius 2 is 2.13 bits per heavy atom. The maximum absolute atomic E-state index is 13.4. The standard InChI is InChI=1S/C12H15FO2/c1-12(5-6-12)11(14)8-3-4-10(15-2)9(13)7-8/h3-4,7,11,14H,5-6H2,1-2H3. The molecule has 1 aromatic rings. The van der Waals surface area contributed by atoms with Crippen molar-refractivity contribution < 1.29 is 14.2 Å². The lowest BCUT2D eigenvalue weighted by Crippen LogP contribution is -2.09. The first-order valence-corrected chi connectivity index (χ1v) is 5.08. The van der Waals surface area contributed by atoms with Crippen molar-refractivity contribution in [1.29, 1.82) is 0 Å². The summed E-state index contributed by atoms with van der Waals surface area (Å²) in [6.45, 7) is 2.01. The normalized spacial score (nSPS) is 19.7. The average molecular weight is 210 g/mol. The zero-order valence-corrected chi connectivity index (χ0v) is 8.96. The molecule has 0 aliphatic heterocycles. The molecule has 0 saturated heterocycles. The minimum atomic E-state index is -0.571. The fraction of sp³-hybridized carbons (Fsp3) is 0.500. The number of rotatable bonds is 3. The molecule has 1 fully saturated rings. The van der Waals surface area contributed by atoms with Gasteiger partial charge in [-0.15, -0.1) is 0 Å². The van der Waals surface area contributed by atoms with Gasteiger partial charge in [0.1, 0.15) is 0 Å². The highest BCUT2D eigenvalue weighted by atomic mass is 19.1. The molecule has 1 aliphatic carbocycles. The van der Waals surface area contributed by atoms with Crippen LogP contribution >= 0.6 is 0 Å². The predicted octanol–water partition coefficient (Wildman–Crippen LogP) is 2.67. The zero-order chi connectivity index (χ0) is 11.1. The van der Waals surface area contributed by atoms with Crippen LogP contribution in [0.4, 0.5) is 4.39 Å². The van der Waals surface area contributed by atoms with E-state index in [4.69, 9.17) is 4.74 Å². The van der Waals surface area contributed by atoms with Crippen molar-refractivity contribution in [2.45, 2.75) is 25.9 Å². The summed E-state index contributed by atoms with van der Waals surface area (Å²) in [4.78, 5) is 0. The van der Waals surface area contributed by atoms with Gasteiger partial charge in [-0.1, -0.05) is 13.0 Å². The Labute approximate surface area is 88.7 Å². The number of hydrogen-bond acceptors (Lipinski definition) is 2. The Hall–Kier alpha value is -1.09. The molecule has 1 unspecified atom stereocenters. The predicted molar refractivity (Wildman–Crippen MR) is 55.3 cm³/mol. The highest BCUT2D eigenvalue weighted by molar-refractivity contribution is 5.31. The summed E-state index contributed by atoms with van der Waals surface area (Å²) < 4.78 is 18.2. The molecule has 2 nitrogen and oxygen atoms in total. The van der Waals surface area contributed by atoms with Gasteiger partial charge in [-0.3, -0.25) is 0 Å². The third kappa shape index (κ3) is 1.84. The number of aliphatic hydroxyl groups is 1. The minimum absolute atomic E-state index is 0.0545. The van der Waals surface area contributed by atoms with E-state index >= 15 is 0 Å². The van der Waals surface area contributed by atoms with Gasteiger partial charge in [-0.05, 0) is 36.0 Å². The van der Waals surface area contributed by atoms with Crippen LogP contribution in [0.25, 0.3) is 0 Å². The van der Waals surface area contributed by atoms with Crippen LogP contribution in [0.1, 0.15) is 31.4 Å². The van der Waals surface area contributed by atoms with Crippen molar-refractivity contribution in [3.63, 3.8) is 0 Å². The fourth-order valence-corrected chi connectivity index (χ4v) is 1.73. The summed E-state index contributed by atoms with van der Waals surface area (Å²) in [6, 6.07) is 4.63. The minimum Gasteiger partial charge on any atom is -0.494 e. The number of methoxy groups -OCH3 is 1. The number of ether oxygens (including phenoxy) is 1. The van der Waals surface area contributed by atoms with E-state index < -0.39 is 11.9 Å². The largest absolute Gasteiger partial charge is 0.494 e. The molecule has 2 rings (SSSR count). The van der Waals surface area contributed by atoms with Crippen LogP contribution in [-0.2, 0) is 0 Å². The molecule has 1 aromatic carbocycles. The van der Waals surface area contributed by atoms with Crippen molar-refractivity contribution in [3.05, 3.63) is 29.6 Å². The van der Waals surface area contributed by atoms with E-state index in [1.807, 2.05) is 6.92 Å². The summed E-state index contributed by atoms with van der Waals surface area (Å²) in [5.74, 6) is -0.204. The topological polar surface area (TPSA) is 29.5 Å². The van der Waals surface area contributed by atoms with Gasteiger partial charge in [-0.25, -0.2) is 4.39 Å². The molecular weight excluding hydrogens is 195 g/mol. The molecule has 1 N–H and O–H groups in total. The fourth-order valence-electron chi connectivity index (χ4n) is 1.73. The lowest BCUT2D eigenvalue weighted by atomic mass is 9.95. The van der Waals surface area contributed by atoms with Gasteiger partial charge in [0.05, 0.1) is 13.2 Å². The van der Waals surface area contributed by atoms with Gasteiger partial charge in [0.2, 0.25) is 0 Å². The number of aliphatic hydroxyl groups excluding tert-OH is 1. The molecule has 0 spiro atoms. The molecule has 82 valence electrons. The van der Waals surface area contributed by atoms with Gasteiger partial charge in [0.15, 0.2) is 11.6 Å². The highest BCUT2D eigenvalue weighted by Gasteiger charge is 2.44. The average Bonchev–Trinajstić information content (AvgIpc) is 2.96. The van der Waals surface area contributed by atoms with E-state index in [0.29, 0.717) is 5.56 Å². The maximum atomic E-state index is 13.4. The molecule has 0 bridgehead atoms. The van der Waals surface area contributed by atoms with E-state index in [2.05, 4.69) is 0 Å². The molecule has 0 aromatic heterocycles. The van der Waals surface area contributed by atoms with E-state index in [1.54, 1.807) is 12.1 Å². The van der Waals surface area contributed by atoms with Gasteiger partial charge in [0, 0.05) is 0 Å². The van der Waals surface area contributed by atoms with Crippen LogP contribution < -0.4 is 4.74 Å². The van der Waals surface area contributed by atoms with Crippen molar-refractivity contribution in [2.75, 3.05) is 7.11 Å². The number of halogens is 1. The Kier molecular flexibility index (Phi) is 2.43. The van der Waals surface area contributed by atoms with Crippen molar-refractivity contribution in [1.82, 2.24) is 0 Å². The third-order valence-electron chi connectivity index (χ3n) is 3.19. The quantitative estimate of drug-likeness (QED) is 0.831. The molecule has 0 amide bonds. The number of hydrogen-bond donors (Lipinski definition) is 1. The Balaban J connectivity index is 2.26. The first-order valence-electron chi connectivity index (χ1n) is 5.08. The van der Waals surface area contributed by atoms with Crippen LogP contribution in [0.5, 0.6) is 5.75 Å². The SMILES string of the molecule is COc1ccc(C(O)C2(C)CC2)cc1F. The molecule has 1 saturated carbocycles. The van der Waals surface area contributed by atoms with Crippen LogP contribution in [-0.4, -0.2) is 12.2 Å². The Morgan fingerprint density at radius 1 is 1.47 bits per heavy atom. The Morgan fingerprint density at radius 3 is 2.60 bits per heavy atom. The molecule has 0 heterocycles. The zero-order valence-electron chi connectivity index (χ0n) is 8.96. The first-order chi connectivity index (χ1) is 7.07. The van der Waals surface area contributed by atoms with Crippen molar-refractivity contribution >= 4 is 0 Å². The van der Waals surface area contributed by atoms with E-state index in [-0.39, 0.29) is 11.2 Å². The summed E-state index contributed by atoms with van der Waals surface area (Å²) in [7, 11) is 1.43. The van der Waals surface area contributed by atoms with Crippen LogP contribution in [0.15, 0.2) is 18.2 Å². The van der Waals surface area contributed by atoms with Crippen LogP contribution in [0.3, 0.4) is 0 Å². The lowest BCUT2D eigenvalue weighted by Gasteiger charge is -2.18. The van der Waals surface area contributed by atoms with Gasteiger partial charge >= 0.3 is 0 Å². The summed E-state index contributed by atoms with van der Waals surface area (Å²) in [5.41, 5.74) is 0.578. The second kappa shape index (κ2) is 3.49. The molecule has 3 heteroatoms. The summed E-state index contributed by atoms with van der Waals surface area (Å²) in [6.07, 6.45) is 1.43. The first kappa shape index (κ1) is 10.4. The molecular formula is C12H15FO2. The smallest absolute Gasteiger partial charge is 0.165 e. The molecule has 1 aliphatic rings. The summed E-state index contributed by atoms with van der Waals surface area (Å²) >= 11 is 0. The molecule has 1 atom stereocenters. The van der Waals surface area contributed by atoms with Crippen molar-refractivity contribution in [3.8, 4) is 5.75 Å². The second-order valence-corrected chi connectivity index (χ2v) is 4.45. The highest BCUT2D eigenvalue weighted by Crippen LogP contribution is 2.54. The maximum Gasteiger partial charge on any atom is 0.165 e. The molecule has 0 radical (unpaired) electrons. The van der Waals surface area contributed by atoms with E-state index in [0.717, 1.165) is 12.8 Å².